The summed E-state index contributed by atoms with van der Waals surface area (Å²) >= 11 is 0. The van der Waals surface area contributed by atoms with E-state index in [-0.39, 0.29) is 12.1 Å². The minimum atomic E-state index is -3.63. The number of nitrogens with one attached hydrogen (secondary N) is 2. The third-order valence-electron chi connectivity index (χ3n) is 2.71. The van der Waals surface area contributed by atoms with Crippen LogP contribution < -0.4 is 15.4 Å². The molecule has 3 amide bonds. The number of benzene rings is 1. The van der Waals surface area contributed by atoms with Gasteiger partial charge in [-0.25, -0.2) is 13.6 Å². The Hall–Kier alpha value is -2.39. The van der Waals surface area contributed by atoms with Crippen molar-refractivity contribution in [2.24, 2.45) is 0 Å². The van der Waals surface area contributed by atoms with Crippen LogP contribution in [0.2, 0.25) is 0 Å². The number of halogens is 5. The van der Waals surface area contributed by atoms with Gasteiger partial charge < -0.3 is 10.1 Å². The van der Waals surface area contributed by atoms with Crippen LogP contribution in [0.3, 0.4) is 0 Å². The molecule has 1 aromatic rings. The van der Waals surface area contributed by atoms with Gasteiger partial charge in [0.25, 0.3) is 5.91 Å². The molecule has 1 aliphatic carbocycles. The summed E-state index contributed by atoms with van der Waals surface area (Å²) in [5.74, 6) is -8.77. The van der Waals surface area contributed by atoms with Crippen molar-refractivity contribution in [1.82, 2.24) is 10.6 Å². The molecular weight excluding hydrogens is 315 g/mol. The molecule has 10 heteroatoms. The molecule has 22 heavy (non-hydrogen) atoms. The topological polar surface area (TPSA) is 67.4 Å². The summed E-state index contributed by atoms with van der Waals surface area (Å²) in [4.78, 5) is 23.0. The second kappa shape index (κ2) is 6.16. The van der Waals surface area contributed by atoms with Crippen LogP contribution in [0.1, 0.15) is 23.2 Å². The molecule has 2 rings (SSSR count). The largest absolute Gasteiger partial charge is 0.428 e. The van der Waals surface area contributed by atoms with Gasteiger partial charge in [-0.05, 0) is 18.9 Å². The van der Waals surface area contributed by atoms with E-state index in [0.717, 1.165) is 0 Å². The van der Waals surface area contributed by atoms with Crippen LogP contribution in [0, 0.1) is 17.5 Å². The van der Waals surface area contributed by atoms with Crippen LogP contribution >= 0.6 is 0 Å². The smallest absolute Gasteiger partial charge is 0.387 e. The Morgan fingerprint density at radius 1 is 1.18 bits per heavy atom. The third-order valence-corrected chi connectivity index (χ3v) is 2.71. The second-order valence-electron chi connectivity index (χ2n) is 4.44. The molecule has 0 radical (unpaired) electrons. The van der Waals surface area contributed by atoms with Gasteiger partial charge in [-0.3, -0.25) is 10.1 Å². The van der Waals surface area contributed by atoms with E-state index in [9.17, 15) is 31.5 Å². The highest BCUT2D eigenvalue weighted by Gasteiger charge is 2.28. The number of rotatable bonds is 4. The average Bonchev–Trinajstić information content (AvgIpc) is 3.22. The summed E-state index contributed by atoms with van der Waals surface area (Å²) in [6, 6.07) is -0.934. The van der Waals surface area contributed by atoms with E-state index in [1.54, 1.807) is 5.32 Å². The molecule has 0 aliphatic heterocycles. The lowest BCUT2D eigenvalue weighted by molar-refractivity contribution is -0.0551. The number of amides is 3. The van der Waals surface area contributed by atoms with Crippen molar-refractivity contribution in [3.8, 4) is 5.75 Å². The quantitative estimate of drug-likeness (QED) is 0.660. The van der Waals surface area contributed by atoms with Gasteiger partial charge in [0.05, 0.1) is 5.56 Å². The highest BCUT2D eigenvalue weighted by Crippen LogP contribution is 2.28. The predicted molar refractivity (Wildman–Crippen MR) is 62.0 cm³/mol. The van der Waals surface area contributed by atoms with Gasteiger partial charge in [-0.2, -0.15) is 13.2 Å². The van der Waals surface area contributed by atoms with Crippen LogP contribution in [0.15, 0.2) is 6.07 Å². The molecule has 0 spiro atoms. The molecule has 0 heterocycles. The fraction of sp³-hybridized carbons (Fsp3) is 0.333. The third kappa shape index (κ3) is 3.62. The molecule has 120 valence electrons. The zero-order valence-electron chi connectivity index (χ0n) is 10.8. The van der Waals surface area contributed by atoms with E-state index in [0.29, 0.717) is 12.8 Å². The Kier molecular flexibility index (Phi) is 4.48. The molecule has 1 aliphatic rings. The minimum absolute atomic E-state index is 0.111. The van der Waals surface area contributed by atoms with Crippen molar-refractivity contribution in [2.45, 2.75) is 25.5 Å². The normalized spacial score (nSPS) is 13.9. The van der Waals surface area contributed by atoms with Gasteiger partial charge in [0, 0.05) is 6.04 Å². The summed E-state index contributed by atoms with van der Waals surface area (Å²) in [7, 11) is 0. The van der Waals surface area contributed by atoms with Gasteiger partial charge in [-0.15, -0.1) is 0 Å². The van der Waals surface area contributed by atoms with Crippen molar-refractivity contribution >= 4 is 11.9 Å². The predicted octanol–water partition coefficient (Wildman–Crippen LogP) is 2.31. The molecular formula is C12H9F5N2O3. The van der Waals surface area contributed by atoms with E-state index < -0.39 is 47.3 Å². The zero-order chi connectivity index (χ0) is 16.4. The molecule has 0 unspecified atom stereocenters. The lowest BCUT2D eigenvalue weighted by Gasteiger charge is -2.11. The number of hydrogen-bond donors (Lipinski definition) is 2. The maximum Gasteiger partial charge on any atom is 0.387 e. The van der Waals surface area contributed by atoms with E-state index in [1.165, 1.54) is 0 Å². The molecule has 1 aromatic carbocycles. The maximum absolute atomic E-state index is 13.8. The van der Waals surface area contributed by atoms with Crippen LogP contribution in [-0.4, -0.2) is 24.6 Å². The van der Waals surface area contributed by atoms with Crippen LogP contribution in [0.4, 0.5) is 26.7 Å². The van der Waals surface area contributed by atoms with Crippen molar-refractivity contribution < 1.29 is 36.3 Å². The second-order valence-corrected chi connectivity index (χ2v) is 4.44. The first-order valence-electron chi connectivity index (χ1n) is 6.03. The lowest BCUT2D eigenvalue weighted by Crippen LogP contribution is -2.40. The molecule has 2 N–H and O–H groups in total. The Morgan fingerprint density at radius 3 is 2.36 bits per heavy atom. The summed E-state index contributed by atoms with van der Waals surface area (Å²) in [5.41, 5.74) is -1.14. The van der Waals surface area contributed by atoms with Gasteiger partial charge in [-0.1, -0.05) is 0 Å². The van der Waals surface area contributed by atoms with Gasteiger partial charge in [0.1, 0.15) is 0 Å². The minimum Gasteiger partial charge on any atom is -0.428 e. The Labute approximate surface area is 120 Å². The van der Waals surface area contributed by atoms with Gasteiger partial charge >= 0.3 is 12.6 Å². The van der Waals surface area contributed by atoms with E-state index in [1.807, 2.05) is 0 Å². The molecule has 1 saturated carbocycles. The van der Waals surface area contributed by atoms with Gasteiger partial charge in [0.2, 0.25) is 11.6 Å². The van der Waals surface area contributed by atoms with E-state index in [4.69, 9.17) is 0 Å². The number of hydrogen-bond acceptors (Lipinski definition) is 3. The average molecular weight is 324 g/mol. The van der Waals surface area contributed by atoms with Crippen molar-refractivity contribution in [2.75, 3.05) is 0 Å². The first-order valence-corrected chi connectivity index (χ1v) is 6.03. The number of imide groups is 1. The SMILES string of the molecule is O=C(NC(=O)c1cc(F)c(F)c(OC(F)F)c1F)NC1CC1. The highest BCUT2D eigenvalue weighted by atomic mass is 19.3. The number of carbonyl (C=O) groups is 2. The monoisotopic (exact) mass is 324 g/mol. The number of urea groups is 1. The molecule has 0 saturated heterocycles. The van der Waals surface area contributed by atoms with Crippen molar-refractivity contribution in [3.63, 3.8) is 0 Å². The van der Waals surface area contributed by atoms with Crippen molar-refractivity contribution in [1.29, 1.82) is 0 Å². The zero-order valence-corrected chi connectivity index (χ0v) is 10.8. The fourth-order valence-electron chi connectivity index (χ4n) is 1.56. The van der Waals surface area contributed by atoms with Crippen molar-refractivity contribution in [3.05, 3.63) is 29.1 Å². The van der Waals surface area contributed by atoms with E-state index in [2.05, 4.69) is 10.1 Å². The van der Waals surface area contributed by atoms with Crippen LogP contribution in [0.5, 0.6) is 5.75 Å². The lowest BCUT2D eigenvalue weighted by atomic mass is 10.1. The first kappa shape index (κ1) is 16.0. The Bertz CT molecular complexity index is 619. The Balaban J connectivity index is 2.23. The highest BCUT2D eigenvalue weighted by molar-refractivity contribution is 6.04. The summed E-state index contributed by atoms with van der Waals surface area (Å²) in [6.45, 7) is -3.63. The van der Waals surface area contributed by atoms with E-state index >= 15 is 0 Å². The number of carbonyl (C=O) groups excluding carboxylic acids is 2. The molecule has 5 nitrogen and oxygen atoms in total. The standard InChI is InChI=1S/C12H9F5N2O3/c13-6-3-5(7(14)9(8(6)15)22-11(16)17)10(20)19-12(21)18-4-1-2-4/h3-4,11H,1-2H2,(H2,18,19,20,21). The van der Waals surface area contributed by atoms with Crippen LogP contribution in [0.25, 0.3) is 0 Å². The van der Waals surface area contributed by atoms with Gasteiger partial charge in [0.15, 0.2) is 11.6 Å². The fourth-order valence-corrected chi connectivity index (χ4v) is 1.56. The molecule has 0 aromatic heterocycles. The summed E-state index contributed by atoms with van der Waals surface area (Å²) in [6.07, 6.45) is 1.43. The number of ether oxygens (including phenoxy) is 1. The summed E-state index contributed by atoms with van der Waals surface area (Å²) < 4.78 is 67.9. The first-order chi connectivity index (χ1) is 10.3. The maximum atomic E-state index is 13.8. The molecule has 0 atom stereocenters. The Morgan fingerprint density at radius 2 is 1.82 bits per heavy atom. The summed E-state index contributed by atoms with van der Waals surface area (Å²) in [5, 5.41) is 4.01. The number of alkyl halides is 2. The molecule has 1 fully saturated rings. The van der Waals surface area contributed by atoms with Crippen LogP contribution in [-0.2, 0) is 0 Å². The molecule has 0 bridgehead atoms.